The lowest BCUT2D eigenvalue weighted by Crippen LogP contribution is -2.07. The van der Waals surface area contributed by atoms with Crippen molar-refractivity contribution in [2.45, 2.75) is 19.9 Å². The van der Waals surface area contributed by atoms with Crippen LogP contribution in [-0.2, 0) is 13.0 Å². The number of hydrogen-bond donors (Lipinski definition) is 2. The number of anilines is 2. The molecule has 21 heavy (non-hydrogen) atoms. The summed E-state index contributed by atoms with van der Waals surface area (Å²) < 4.78 is 7.02. The van der Waals surface area contributed by atoms with Crippen LogP contribution in [0.3, 0.4) is 0 Å². The quantitative estimate of drug-likeness (QED) is 0.853. The van der Waals surface area contributed by atoms with E-state index in [2.05, 4.69) is 16.5 Å². The summed E-state index contributed by atoms with van der Waals surface area (Å²) in [4.78, 5) is 0. The van der Waals surface area contributed by atoms with E-state index in [1.807, 2.05) is 36.0 Å². The number of nitrogens with one attached hydrogen (secondary N) is 1. The molecular formula is C14H22Cl2N4O. The highest BCUT2D eigenvalue weighted by atomic mass is 35.5. The molecule has 1 aromatic heterocycles. The summed E-state index contributed by atoms with van der Waals surface area (Å²) in [6, 6.07) is 8.06. The molecule has 0 amide bonds. The van der Waals surface area contributed by atoms with Crippen molar-refractivity contribution in [1.82, 2.24) is 9.78 Å². The van der Waals surface area contributed by atoms with Crippen LogP contribution < -0.4 is 15.8 Å². The number of hydrogen-bond acceptors (Lipinski definition) is 4. The van der Waals surface area contributed by atoms with E-state index in [0.29, 0.717) is 5.69 Å². The van der Waals surface area contributed by atoms with Gasteiger partial charge in [0.15, 0.2) is 5.82 Å². The molecule has 5 nitrogen and oxygen atoms in total. The van der Waals surface area contributed by atoms with Crippen molar-refractivity contribution in [3.63, 3.8) is 0 Å². The lowest BCUT2D eigenvalue weighted by atomic mass is 10.1. The molecular weight excluding hydrogens is 311 g/mol. The van der Waals surface area contributed by atoms with Crippen molar-refractivity contribution in [3.8, 4) is 5.75 Å². The molecule has 0 radical (unpaired) electrons. The highest BCUT2D eigenvalue weighted by Gasteiger charge is 2.04. The van der Waals surface area contributed by atoms with E-state index in [4.69, 9.17) is 10.5 Å². The molecule has 0 saturated carbocycles. The van der Waals surface area contributed by atoms with Gasteiger partial charge in [-0.3, -0.25) is 4.68 Å². The Morgan fingerprint density at radius 1 is 1.33 bits per heavy atom. The number of nitrogens with two attached hydrogens (primary N) is 1. The van der Waals surface area contributed by atoms with Gasteiger partial charge < -0.3 is 15.8 Å². The molecule has 118 valence electrons. The van der Waals surface area contributed by atoms with Crippen molar-refractivity contribution in [2.75, 3.05) is 24.7 Å². The summed E-state index contributed by atoms with van der Waals surface area (Å²) in [5.74, 6) is 1.64. The molecule has 2 aromatic rings. The standard InChI is InChI=1S/C14H20N4O.2ClH/c1-3-18-10-13(15)14(17-18)16-8-7-11-5-4-6-12(9-11)19-2;;/h4-6,9-10H,3,7-8,15H2,1-2H3,(H,16,17);2*1H. The molecule has 3 N–H and O–H groups in total. The lowest BCUT2D eigenvalue weighted by Gasteiger charge is -2.06. The summed E-state index contributed by atoms with van der Waals surface area (Å²) in [6.07, 6.45) is 2.74. The average molecular weight is 333 g/mol. The molecule has 1 aromatic carbocycles. The highest BCUT2D eigenvalue weighted by Crippen LogP contribution is 2.16. The van der Waals surface area contributed by atoms with Crippen LogP contribution in [0.1, 0.15) is 12.5 Å². The number of ether oxygens (including phenoxy) is 1. The number of methoxy groups -OCH3 is 1. The second-order valence-corrected chi connectivity index (χ2v) is 4.32. The van der Waals surface area contributed by atoms with Crippen LogP contribution >= 0.6 is 24.8 Å². The first kappa shape index (κ1) is 19.4. The first-order valence-electron chi connectivity index (χ1n) is 6.42. The fourth-order valence-electron chi connectivity index (χ4n) is 1.89. The molecule has 7 heteroatoms. The van der Waals surface area contributed by atoms with Gasteiger partial charge in [-0.15, -0.1) is 24.8 Å². The van der Waals surface area contributed by atoms with E-state index in [1.54, 1.807) is 7.11 Å². The zero-order valence-electron chi connectivity index (χ0n) is 12.2. The number of benzene rings is 1. The third-order valence-corrected chi connectivity index (χ3v) is 2.95. The Hall–Kier alpha value is -1.59. The minimum Gasteiger partial charge on any atom is -0.497 e. The molecule has 0 aliphatic rings. The maximum absolute atomic E-state index is 5.88. The summed E-state index contributed by atoms with van der Waals surface area (Å²) in [7, 11) is 1.68. The van der Waals surface area contributed by atoms with Crippen molar-refractivity contribution in [1.29, 1.82) is 0 Å². The monoisotopic (exact) mass is 332 g/mol. The van der Waals surface area contributed by atoms with Crippen molar-refractivity contribution in [2.24, 2.45) is 0 Å². The van der Waals surface area contributed by atoms with Gasteiger partial charge >= 0.3 is 0 Å². The Morgan fingerprint density at radius 2 is 2.10 bits per heavy atom. The smallest absolute Gasteiger partial charge is 0.171 e. The maximum atomic E-state index is 5.88. The van der Waals surface area contributed by atoms with E-state index >= 15 is 0 Å². The molecule has 0 aliphatic heterocycles. The van der Waals surface area contributed by atoms with Gasteiger partial charge in [0.05, 0.1) is 19.0 Å². The number of rotatable bonds is 6. The Kier molecular flexibility index (Phi) is 8.66. The topological polar surface area (TPSA) is 65.1 Å². The number of nitrogens with zero attached hydrogens (tertiary/aromatic N) is 2. The molecule has 0 bridgehead atoms. The number of halogens is 2. The predicted octanol–water partition coefficient (Wildman–Crippen LogP) is 2.99. The Labute approximate surface area is 137 Å². The minimum atomic E-state index is 0. The Balaban J connectivity index is 0.00000200. The van der Waals surface area contributed by atoms with Gasteiger partial charge in [0.25, 0.3) is 0 Å². The summed E-state index contributed by atoms with van der Waals surface area (Å²) >= 11 is 0. The van der Waals surface area contributed by atoms with Crippen molar-refractivity contribution in [3.05, 3.63) is 36.0 Å². The number of nitrogen functional groups attached to an aromatic ring is 1. The van der Waals surface area contributed by atoms with Crippen molar-refractivity contribution < 1.29 is 4.74 Å². The average Bonchev–Trinajstić information content (AvgIpc) is 2.80. The highest BCUT2D eigenvalue weighted by molar-refractivity contribution is 5.85. The zero-order chi connectivity index (χ0) is 13.7. The molecule has 2 rings (SSSR count). The van der Waals surface area contributed by atoms with Crippen molar-refractivity contribution >= 4 is 36.3 Å². The van der Waals surface area contributed by atoms with Gasteiger partial charge in [-0.2, -0.15) is 5.10 Å². The third-order valence-electron chi connectivity index (χ3n) is 2.95. The molecule has 0 atom stereocenters. The largest absolute Gasteiger partial charge is 0.497 e. The predicted molar refractivity (Wildman–Crippen MR) is 92.0 cm³/mol. The summed E-state index contributed by atoms with van der Waals surface area (Å²) in [6.45, 7) is 3.65. The van der Waals surface area contributed by atoms with E-state index in [-0.39, 0.29) is 24.8 Å². The summed E-state index contributed by atoms with van der Waals surface area (Å²) in [5, 5.41) is 7.60. The molecule has 1 heterocycles. The first-order valence-corrected chi connectivity index (χ1v) is 6.42. The Morgan fingerprint density at radius 3 is 2.71 bits per heavy atom. The van der Waals surface area contributed by atoms with Crippen LogP contribution in [0.4, 0.5) is 11.5 Å². The molecule has 0 spiro atoms. The Bertz CT molecular complexity index is 546. The third kappa shape index (κ3) is 5.36. The first-order chi connectivity index (χ1) is 9.22. The van der Waals surface area contributed by atoms with Crippen LogP contribution in [0.5, 0.6) is 5.75 Å². The SMILES string of the molecule is CCn1cc(N)c(NCCc2cccc(OC)c2)n1.Cl.Cl. The molecule has 0 aliphatic carbocycles. The number of aromatic nitrogens is 2. The van der Waals surface area contributed by atoms with Gasteiger partial charge in [-0.05, 0) is 31.0 Å². The lowest BCUT2D eigenvalue weighted by molar-refractivity contribution is 0.414. The molecule has 0 unspecified atom stereocenters. The second-order valence-electron chi connectivity index (χ2n) is 4.32. The van der Waals surface area contributed by atoms with Crippen LogP contribution in [0.15, 0.2) is 30.5 Å². The zero-order valence-corrected chi connectivity index (χ0v) is 13.8. The van der Waals surface area contributed by atoms with E-state index in [0.717, 1.165) is 31.1 Å². The summed E-state index contributed by atoms with van der Waals surface area (Å²) in [5.41, 5.74) is 7.79. The van der Waals surface area contributed by atoms with Gasteiger partial charge in [0.2, 0.25) is 0 Å². The van der Waals surface area contributed by atoms with Gasteiger partial charge in [0, 0.05) is 13.1 Å². The fourth-order valence-corrected chi connectivity index (χ4v) is 1.89. The van der Waals surface area contributed by atoms with Crippen LogP contribution in [0, 0.1) is 0 Å². The van der Waals surface area contributed by atoms with E-state index in [1.165, 1.54) is 5.56 Å². The van der Waals surface area contributed by atoms with Crippen LogP contribution in [0.25, 0.3) is 0 Å². The minimum absolute atomic E-state index is 0. The van der Waals surface area contributed by atoms with Crippen LogP contribution in [-0.4, -0.2) is 23.4 Å². The fraction of sp³-hybridized carbons (Fsp3) is 0.357. The van der Waals surface area contributed by atoms with Gasteiger partial charge in [-0.1, -0.05) is 12.1 Å². The number of aryl methyl sites for hydroxylation is 1. The van der Waals surface area contributed by atoms with E-state index < -0.39 is 0 Å². The molecule has 0 fully saturated rings. The second kappa shape index (κ2) is 9.37. The van der Waals surface area contributed by atoms with Gasteiger partial charge in [0.1, 0.15) is 5.75 Å². The normalized spacial score (nSPS) is 9.43. The van der Waals surface area contributed by atoms with Crippen LogP contribution in [0.2, 0.25) is 0 Å². The van der Waals surface area contributed by atoms with E-state index in [9.17, 15) is 0 Å². The maximum Gasteiger partial charge on any atom is 0.171 e. The van der Waals surface area contributed by atoms with Gasteiger partial charge in [-0.25, -0.2) is 0 Å². The molecule has 0 saturated heterocycles.